The van der Waals surface area contributed by atoms with E-state index in [0.29, 0.717) is 24.7 Å². The molecule has 1 rings (SSSR count). The Hall–Kier alpha value is -1.76. The molecule has 140 valence electrons. The lowest BCUT2D eigenvalue weighted by Gasteiger charge is -2.14. The second-order valence-electron chi connectivity index (χ2n) is 5.57. The van der Waals surface area contributed by atoms with Gasteiger partial charge in [-0.25, -0.2) is 0 Å². The van der Waals surface area contributed by atoms with E-state index in [2.05, 4.69) is 21.2 Å². The van der Waals surface area contributed by atoms with Crippen LogP contribution in [0.25, 0.3) is 0 Å². The summed E-state index contributed by atoms with van der Waals surface area (Å²) in [7, 11) is 0. The van der Waals surface area contributed by atoms with Crippen LogP contribution in [0.15, 0.2) is 16.6 Å². The van der Waals surface area contributed by atoms with Crippen LogP contribution in [0.5, 0.6) is 11.5 Å². The standard InChI is InChI=1S/C18H26BrNO5/c1-5-23-15-9-13(14(19)11-16(15)24-6-2)10-17(21)20-8-7-18(22)25-12(3)4/h9,11-12H,5-8,10H2,1-4H3,(H,20,21). The Balaban J connectivity index is 2.64. The Morgan fingerprint density at radius 1 is 1.12 bits per heavy atom. The number of amides is 1. The zero-order valence-electron chi connectivity index (χ0n) is 15.2. The van der Waals surface area contributed by atoms with E-state index in [1.807, 2.05) is 13.8 Å². The van der Waals surface area contributed by atoms with Crippen LogP contribution in [-0.2, 0) is 20.7 Å². The summed E-state index contributed by atoms with van der Waals surface area (Å²) >= 11 is 3.46. The number of nitrogens with one attached hydrogen (secondary N) is 1. The highest BCUT2D eigenvalue weighted by Gasteiger charge is 2.14. The molecule has 0 aliphatic carbocycles. The summed E-state index contributed by atoms with van der Waals surface area (Å²) in [5.74, 6) is 0.744. The Morgan fingerprint density at radius 2 is 1.72 bits per heavy atom. The van der Waals surface area contributed by atoms with Gasteiger partial charge in [0.2, 0.25) is 5.91 Å². The maximum absolute atomic E-state index is 12.1. The first-order valence-electron chi connectivity index (χ1n) is 8.41. The molecule has 0 saturated heterocycles. The minimum Gasteiger partial charge on any atom is -0.490 e. The van der Waals surface area contributed by atoms with Crippen LogP contribution in [0.1, 0.15) is 39.7 Å². The molecule has 0 aliphatic heterocycles. The zero-order chi connectivity index (χ0) is 18.8. The molecule has 0 aliphatic rings. The van der Waals surface area contributed by atoms with E-state index in [0.717, 1.165) is 10.0 Å². The molecule has 0 aromatic heterocycles. The Bertz CT molecular complexity index is 589. The largest absolute Gasteiger partial charge is 0.490 e. The molecule has 0 radical (unpaired) electrons. The number of benzene rings is 1. The van der Waals surface area contributed by atoms with Crippen LogP contribution in [0.3, 0.4) is 0 Å². The minimum atomic E-state index is -0.323. The number of carbonyl (C=O) groups is 2. The van der Waals surface area contributed by atoms with E-state index in [-0.39, 0.29) is 37.4 Å². The maximum Gasteiger partial charge on any atom is 0.307 e. The monoisotopic (exact) mass is 415 g/mol. The predicted octanol–water partition coefficient (Wildman–Crippen LogP) is 3.25. The molecule has 6 nitrogen and oxygen atoms in total. The number of hydrogen-bond acceptors (Lipinski definition) is 5. The van der Waals surface area contributed by atoms with E-state index >= 15 is 0 Å². The van der Waals surface area contributed by atoms with Crippen LogP contribution in [-0.4, -0.2) is 37.7 Å². The summed E-state index contributed by atoms with van der Waals surface area (Å²) in [6.07, 6.45) is 0.171. The highest BCUT2D eigenvalue weighted by Crippen LogP contribution is 2.34. The van der Waals surface area contributed by atoms with Crippen LogP contribution in [0.4, 0.5) is 0 Å². The maximum atomic E-state index is 12.1. The summed E-state index contributed by atoms with van der Waals surface area (Å²) in [5, 5.41) is 2.72. The SMILES string of the molecule is CCOc1cc(Br)c(CC(=O)NCCC(=O)OC(C)C)cc1OCC. The smallest absolute Gasteiger partial charge is 0.307 e. The van der Waals surface area contributed by atoms with Gasteiger partial charge < -0.3 is 19.5 Å². The first kappa shape index (κ1) is 21.3. The van der Waals surface area contributed by atoms with Crippen molar-refractivity contribution in [1.29, 1.82) is 0 Å². The fourth-order valence-corrected chi connectivity index (χ4v) is 2.57. The Morgan fingerprint density at radius 3 is 2.28 bits per heavy atom. The molecule has 0 saturated carbocycles. The summed E-state index contributed by atoms with van der Waals surface area (Å²) < 4.78 is 16.9. The van der Waals surface area contributed by atoms with Gasteiger partial charge in [-0.15, -0.1) is 0 Å². The van der Waals surface area contributed by atoms with Crippen molar-refractivity contribution in [3.63, 3.8) is 0 Å². The summed E-state index contributed by atoms with van der Waals surface area (Å²) in [4.78, 5) is 23.5. The van der Waals surface area contributed by atoms with E-state index in [1.54, 1.807) is 26.0 Å². The van der Waals surface area contributed by atoms with Gasteiger partial charge in [0.15, 0.2) is 11.5 Å². The van der Waals surface area contributed by atoms with Crippen LogP contribution < -0.4 is 14.8 Å². The van der Waals surface area contributed by atoms with Gasteiger partial charge >= 0.3 is 5.97 Å². The molecule has 1 amide bonds. The molecule has 7 heteroatoms. The molecule has 1 aromatic rings. The van der Waals surface area contributed by atoms with E-state index in [4.69, 9.17) is 14.2 Å². The molecule has 25 heavy (non-hydrogen) atoms. The predicted molar refractivity (Wildman–Crippen MR) is 99.0 cm³/mol. The molecular weight excluding hydrogens is 390 g/mol. The number of esters is 1. The third-order valence-corrected chi connectivity index (χ3v) is 3.82. The van der Waals surface area contributed by atoms with Gasteiger partial charge in [-0.05, 0) is 45.4 Å². The normalized spacial score (nSPS) is 10.5. The lowest BCUT2D eigenvalue weighted by Crippen LogP contribution is -2.28. The fraction of sp³-hybridized carbons (Fsp3) is 0.556. The van der Waals surface area contributed by atoms with E-state index in [9.17, 15) is 9.59 Å². The van der Waals surface area contributed by atoms with Gasteiger partial charge in [-0.2, -0.15) is 0 Å². The van der Waals surface area contributed by atoms with Crippen molar-refractivity contribution in [3.8, 4) is 11.5 Å². The lowest BCUT2D eigenvalue weighted by atomic mass is 10.1. The van der Waals surface area contributed by atoms with Gasteiger partial charge in [-0.3, -0.25) is 9.59 Å². The van der Waals surface area contributed by atoms with Crippen molar-refractivity contribution < 1.29 is 23.8 Å². The molecule has 0 bridgehead atoms. The Labute approximate surface area is 157 Å². The average molecular weight is 416 g/mol. The van der Waals surface area contributed by atoms with Gasteiger partial charge in [-0.1, -0.05) is 15.9 Å². The third kappa shape index (κ3) is 7.77. The second kappa shape index (κ2) is 11.0. The van der Waals surface area contributed by atoms with Gasteiger partial charge in [0, 0.05) is 11.0 Å². The molecule has 0 unspecified atom stereocenters. The number of ether oxygens (including phenoxy) is 3. The Kier molecular flexibility index (Phi) is 9.34. The highest BCUT2D eigenvalue weighted by atomic mass is 79.9. The fourth-order valence-electron chi connectivity index (χ4n) is 2.11. The summed E-state index contributed by atoms with van der Waals surface area (Å²) in [6, 6.07) is 3.60. The topological polar surface area (TPSA) is 73.9 Å². The van der Waals surface area contributed by atoms with E-state index < -0.39 is 0 Å². The number of carbonyl (C=O) groups excluding carboxylic acids is 2. The van der Waals surface area contributed by atoms with E-state index in [1.165, 1.54) is 0 Å². The molecule has 0 atom stereocenters. The summed E-state index contributed by atoms with van der Waals surface area (Å²) in [5.41, 5.74) is 0.786. The van der Waals surface area contributed by atoms with Crippen molar-refractivity contribution in [1.82, 2.24) is 5.32 Å². The minimum absolute atomic E-state index is 0.151. The van der Waals surface area contributed by atoms with Crippen molar-refractivity contribution in [2.75, 3.05) is 19.8 Å². The quantitative estimate of drug-likeness (QED) is 0.593. The van der Waals surface area contributed by atoms with Gasteiger partial charge in [0.1, 0.15) is 0 Å². The zero-order valence-corrected chi connectivity index (χ0v) is 16.8. The highest BCUT2D eigenvalue weighted by molar-refractivity contribution is 9.10. The molecule has 0 fully saturated rings. The third-order valence-electron chi connectivity index (χ3n) is 3.08. The van der Waals surface area contributed by atoms with Crippen molar-refractivity contribution in [3.05, 3.63) is 22.2 Å². The molecule has 1 aromatic carbocycles. The van der Waals surface area contributed by atoms with Gasteiger partial charge in [0.25, 0.3) is 0 Å². The average Bonchev–Trinajstić information content (AvgIpc) is 2.51. The number of rotatable bonds is 10. The van der Waals surface area contributed by atoms with Crippen LogP contribution in [0.2, 0.25) is 0 Å². The molecule has 0 heterocycles. The summed E-state index contributed by atoms with van der Waals surface area (Å²) in [6.45, 7) is 8.64. The number of halogens is 1. The first-order chi connectivity index (χ1) is 11.9. The van der Waals surface area contributed by atoms with Crippen LogP contribution in [0, 0.1) is 0 Å². The molecular formula is C18H26BrNO5. The molecule has 1 N–H and O–H groups in total. The lowest BCUT2D eigenvalue weighted by molar-refractivity contribution is -0.147. The van der Waals surface area contributed by atoms with Crippen LogP contribution >= 0.6 is 15.9 Å². The first-order valence-corrected chi connectivity index (χ1v) is 9.20. The second-order valence-corrected chi connectivity index (χ2v) is 6.43. The molecule has 0 spiro atoms. The number of hydrogen-bond donors (Lipinski definition) is 1. The van der Waals surface area contributed by atoms with Crippen molar-refractivity contribution in [2.24, 2.45) is 0 Å². The van der Waals surface area contributed by atoms with Gasteiger partial charge in [0.05, 0.1) is 32.2 Å². The van der Waals surface area contributed by atoms with Crippen molar-refractivity contribution >= 4 is 27.8 Å². The van der Waals surface area contributed by atoms with Crippen molar-refractivity contribution in [2.45, 2.75) is 46.6 Å².